The van der Waals surface area contributed by atoms with Crippen LogP contribution in [0.1, 0.15) is 38.6 Å². The number of amides is 1. The van der Waals surface area contributed by atoms with E-state index in [1.54, 1.807) is 0 Å². The number of rotatable bonds is 6. The molecule has 6 heteroatoms. The van der Waals surface area contributed by atoms with Gasteiger partial charge < -0.3 is 14.6 Å². The van der Waals surface area contributed by atoms with Crippen LogP contribution in [0, 0.1) is 0 Å². The van der Waals surface area contributed by atoms with E-state index in [0.717, 1.165) is 31.6 Å². The van der Waals surface area contributed by atoms with Crippen LogP contribution in [0.3, 0.4) is 0 Å². The summed E-state index contributed by atoms with van der Waals surface area (Å²) in [7, 11) is 0. The molecule has 2 heterocycles. The highest BCUT2D eigenvalue weighted by molar-refractivity contribution is 5.77. The number of aromatic nitrogens is 1. The molecule has 0 unspecified atom stereocenters. The lowest BCUT2D eigenvalue weighted by molar-refractivity contribution is -0.126. The molecule has 1 N–H and O–H groups in total. The first-order chi connectivity index (χ1) is 10.1. The van der Waals surface area contributed by atoms with Crippen molar-refractivity contribution in [2.45, 2.75) is 52.4 Å². The predicted molar refractivity (Wildman–Crippen MR) is 78.8 cm³/mol. The van der Waals surface area contributed by atoms with E-state index in [2.05, 4.69) is 22.3 Å². The topological polar surface area (TPSA) is 67.6 Å². The Kier molecular flexibility index (Phi) is 5.76. The average Bonchev–Trinajstić information content (AvgIpc) is 2.83. The van der Waals surface area contributed by atoms with Crippen LogP contribution >= 0.6 is 0 Å². The van der Waals surface area contributed by atoms with E-state index in [0.29, 0.717) is 18.8 Å². The van der Waals surface area contributed by atoms with Crippen LogP contribution in [0.2, 0.25) is 0 Å². The van der Waals surface area contributed by atoms with E-state index >= 15 is 0 Å². The van der Waals surface area contributed by atoms with E-state index in [9.17, 15) is 4.79 Å². The fourth-order valence-corrected chi connectivity index (χ4v) is 2.67. The van der Waals surface area contributed by atoms with E-state index < -0.39 is 0 Å². The molecular weight excluding hydrogens is 270 g/mol. The fourth-order valence-electron chi connectivity index (χ4n) is 2.67. The highest BCUT2D eigenvalue weighted by atomic mass is 16.5. The third-order valence-corrected chi connectivity index (χ3v) is 3.44. The minimum atomic E-state index is 0.00439. The summed E-state index contributed by atoms with van der Waals surface area (Å²) in [5.74, 6) is 0.709. The van der Waals surface area contributed by atoms with Crippen molar-refractivity contribution in [3.05, 3.63) is 17.5 Å². The normalized spacial score (nSPS) is 23.2. The van der Waals surface area contributed by atoms with Crippen LogP contribution in [0.4, 0.5) is 0 Å². The van der Waals surface area contributed by atoms with Gasteiger partial charge in [0.1, 0.15) is 0 Å². The second kappa shape index (κ2) is 7.56. The Morgan fingerprint density at radius 1 is 1.43 bits per heavy atom. The predicted octanol–water partition coefficient (Wildman–Crippen LogP) is 1.35. The van der Waals surface area contributed by atoms with Crippen molar-refractivity contribution >= 4 is 5.91 Å². The number of aryl methyl sites for hydroxylation is 1. The van der Waals surface area contributed by atoms with Crippen LogP contribution in [-0.4, -0.2) is 47.8 Å². The van der Waals surface area contributed by atoms with Crippen molar-refractivity contribution in [2.75, 3.05) is 19.6 Å². The first kappa shape index (κ1) is 16.0. The Balaban J connectivity index is 1.73. The molecule has 2 rings (SSSR count). The lowest BCUT2D eigenvalue weighted by Crippen LogP contribution is -2.49. The quantitative estimate of drug-likeness (QED) is 0.858. The molecule has 21 heavy (non-hydrogen) atoms. The SMILES string of the molecule is CCCc1cc(CNC(=O)CN2C[C@@H](C)O[C@@H](C)C2)on1. The summed E-state index contributed by atoms with van der Waals surface area (Å²) >= 11 is 0. The minimum Gasteiger partial charge on any atom is -0.373 e. The van der Waals surface area contributed by atoms with Gasteiger partial charge in [0.15, 0.2) is 5.76 Å². The van der Waals surface area contributed by atoms with Gasteiger partial charge in [-0.1, -0.05) is 18.5 Å². The average molecular weight is 295 g/mol. The zero-order valence-electron chi connectivity index (χ0n) is 13.1. The van der Waals surface area contributed by atoms with Gasteiger partial charge in [-0.3, -0.25) is 9.69 Å². The van der Waals surface area contributed by atoms with Crippen molar-refractivity contribution in [2.24, 2.45) is 0 Å². The highest BCUT2D eigenvalue weighted by Crippen LogP contribution is 2.10. The zero-order chi connectivity index (χ0) is 15.2. The van der Waals surface area contributed by atoms with Gasteiger partial charge >= 0.3 is 0 Å². The molecule has 1 aliphatic rings. The fraction of sp³-hybridized carbons (Fsp3) is 0.733. The molecule has 2 atom stereocenters. The number of nitrogens with one attached hydrogen (secondary N) is 1. The maximum atomic E-state index is 12.0. The molecular formula is C15H25N3O3. The Hall–Kier alpha value is -1.40. The Morgan fingerprint density at radius 2 is 2.14 bits per heavy atom. The number of ether oxygens (including phenoxy) is 1. The van der Waals surface area contributed by atoms with Crippen LogP contribution in [0.5, 0.6) is 0 Å². The van der Waals surface area contributed by atoms with Gasteiger partial charge in [0, 0.05) is 19.2 Å². The van der Waals surface area contributed by atoms with E-state index in [1.807, 2.05) is 19.9 Å². The molecule has 0 saturated carbocycles. The van der Waals surface area contributed by atoms with E-state index in [1.165, 1.54) is 0 Å². The number of morpholine rings is 1. The van der Waals surface area contributed by atoms with Crippen molar-refractivity contribution in [3.63, 3.8) is 0 Å². The van der Waals surface area contributed by atoms with Gasteiger partial charge in [-0.05, 0) is 20.3 Å². The van der Waals surface area contributed by atoms with Gasteiger partial charge in [-0.25, -0.2) is 0 Å². The summed E-state index contributed by atoms with van der Waals surface area (Å²) in [6.07, 6.45) is 2.28. The molecule has 1 aromatic heterocycles. The lowest BCUT2D eigenvalue weighted by Gasteiger charge is -2.34. The third kappa shape index (κ3) is 5.13. The van der Waals surface area contributed by atoms with Gasteiger partial charge in [-0.15, -0.1) is 0 Å². The molecule has 1 aromatic rings. The summed E-state index contributed by atoms with van der Waals surface area (Å²) in [6.45, 7) is 8.54. The van der Waals surface area contributed by atoms with Crippen LogP contribution in [0.25, 0.3) is 0 Å². The van der Waals surface area contributed by atoms with Crippen LogP contribution < -0.4 is 5.32 Å². The Bertz CT molecular complexity index is 451. The first-order valence-electron chi connectivity index (χ1n) is 7.65. The Labute approximate surface area is 125 Å². The summed E-state index contributed by atoms with van der Waals surface area (Å²) in [5, 5.41) is 6.84. The molecule has 1 amide bonds. The summed E-state index contributed by atoms with van der Waals surface area (Å²) < 4.78 is 10.8. The van der Waals surface area contributed by atoms with Crippen LogP contribution in [-0.2, 0) is 22.5 Å². The molecule has 0 bridgehead atoms. The van der Waals surface area contributed by atoms with Gasteiger partial charge in [-0.2, -0.15) is 0 Å². The number of hydrogen-bond donors (Lipinski definition) is 1. The van der Waals surface area contributed by atoms with Crippen LogP contribution in [0.15, 0.2) is 10.6 Å². The lowest BCUT2D eigenvalue weighted by atomic mass is 10.2. The monoisotopic (exact) mass is 295 g/mol. The van der Waals surface area contributed by atoms with Gasteiger partial charge in [0.05, 0.1) is 31.0 Å². The van der Waals surface area contributed by atoms with Gasteiger partial charge in [0.25, 0.3) is 0 Å². The molecule has 1 fully saturated rings. The van der Waals surface area contributed by atoms with Crippen molar-refractivity contribution < 1.29 is 14.1 Å². The smallest absolute Gasteiger partial charge is 0.234 e. The summed E-state index contributed by atoms with van der Waals surface area (Å²) in [4.78, 5) is 14.1. The molecule has 1 aliphatic heterocycles. The molecule has 0 radical (unpaired) electrons. The maximum absolute atomic E-state index is 12.0. The van der Waals surface area contributed by atoms with E-state index in [4.69, 9.17) is 9.26 Å². The highest BCUT2D eigenvalue weighted by Gasteiger charge is 2.23. The number of carbonyl (C=O) groups excluding carboxylic acids is 1. The van der Waals surface area contributed by atoms with Crippen molar-refractivity contribution in [3.8, 4) is 0 Å². The van der Waals surface area contributed by atoms with Crippen molar-refractivity contribution in [1.29, 1.82) is 0 Å². The largest absolute Gasteiger partial charge is 0.373 e. The molecule has 1 saturated heterocycles. The second-order valence-corrected chi connectivity index (χ2v) is 5.76. The minimum absolute atomic E-state index is 0.00439. The maximum Gasteiger partial charge on any atom is 0.234 e. The number of hydrogen-bond acceptors (Lipinski definition) is 5. The Morgan fingerprint density at radius 3 is 2.81 bits per heavy atom. The van der Waals surface area contributed by atoms with E-state index in [-0.39, 0.29) is 18.1 Å². The first-order valence-corrected chi connectivity index (χ1v) is 7.65. The molecule has 6 nitrogen and oxygen atoms in total. The van der Waals surface area contributed by atoms with Crippen molar-refractivity contribution in [1.82, 2.24) is 15.4 Å². The summed E-state index contributed by atoms with van der Waals surface area (Å²) in [6, 6.07) is 1.91. The standard InChI is InChI=1S/C15H25N3O3/c1-4-5-13-6-14(21-17-13)7-16-15(19)10-18-8-11(2)20-12(3)9-18/h6,11-12H,4-5,7-10H2,1-3H3,(H,16,19)/t11-,12+. The third-order valence-electron chi connectivity index (χ3n) is 3.44. The number of nitrogens with zero attached hydrogens (tertiary/aromatic N) is 2. The second-order valence-electron chi connectivity index (χ2n) is 5.76. The molecule has 118 valence electrons. The zero-order valence-corrected chi connectivity index (χ0v) is 13.1. The molecule has 0 aliphatic carbocycles. The molecule has 0 aromatic carbocycles. The summed E-state index contributed by atoms with van der Waals surface area (Å²) in [5.41, 5.74) is 0.942. The number of carbonyl (C=O) groups is 1. The van der Waals surface area contributed by atoms with Gasteiger partial charge in [0.2, 0.25) is 5.91 Å². The molecule has 0 spiro atoms.